The maximum Gasteiger partial charge on any atom is 0.124 e. The van der Waals surface area contributed by atoms with Crippen molar-refractivity contribution in [2.24, 2.45) is 0 Å². The van der Waals surface area contributed by atoms with E-state index in [0.29, 0.717) is 5.56 Å². The van der Waals surface area contributed by atoms with Crippen molar-refractivity contribution in [2.75, 3.05) is 7.11 Å². The zero-order valence-corrected chi connectivity index (χ0v) is 12.0. The van der Waals surface area contributed by atoms with Crippen molar-refractivity contribution in [1.82, 2.24) is 4.98 Å². The molecule has 98 valence electrons. The van der Waals surface area contributed by atoms with E-state index in [1.807, 2.05) is 19.9 Å². The standard InChI is InChI=1S/C16H18N2O/c1-9-6-14(10(2)11(3)16(9)19-5)15-7-13(8-17)12(4)18-15/h6-7,18H,1-5H3. The third kappa shape index (κ3) is 2.10. The lowest BCUT2D eigenvalue weighted by Crippen LogP contribution is -1.96. The van der Waals surface area contributed by atoms with Crippen LogP contribution in [0.15, 0.2) is 12.1 Å². The van der Waals surface area contributed by atoms with Crippen molar-refractivity contribution in [2.45, 2.75) is 27.7 Å². The molecule has 19 heavy (non-hydrogen) atoms. The molecule has 1 aromatic carbocycles. The van der Waals surface area contributed by atoms with Crippen molar-refractivity contribution in [1.29, 1.82) is 5.26 Å². The summed E-state index contributed by atoms with van der Waals surface area (Å²) >= 11 is 0. The van der Waals surface area contributed by atoms with Crippen LogP contribution in [0.1, 0.15) is 27.9 Å². The van der Waals surface area contributed by atoms with E-state index in [2.05, 4.69) is 31.0 Å². The summed E-state index contributed by atoms with van der Waals surface area (Å²) in [6.07, 6.45) is 0. The van der Waals surface area contributed by atoms with Gasteiger partial charge in [-0.25, -0.2) is 0 Å². The van der Waals surface area contributed by atoms with Crippen LogP contribution in [0.3, 0.4) is 0 Å². The van der Waals surface area contributed by atoms with Gasteiger partial charge in [0.2, 0.25) is 0 Å². The summed E-state index contributed by atoms with van der Waals surface area (Å²) in [5.41, 5.74) is 7.13. The second kappa shape index (κ2) is 4.81. The van der Waals surface area contributed by atoms with Crippen molar-refractivity contribution in [3.63, 3.8) is 0 Å². The highest BCUT2D eigenvalue weighted by Crippen LogP contribution is 2.34. The molecule has 1 aromatic heterocycles. The van der Waals surface area contributed by atoms with Gasteiger partial charge in [-0.3, -0.25) is 0 Å². The lowest BCUT2D eigenvalue weighted by Gasteiger charge is -2.15. The Balaban J connectivity index is 2.66. The monoisotopic (exact) mass is 254 g/mol. The highest BCUT2D eigenvalue weighted by atomic mass is 16.5. The number of aromatic nitrogens is 1. The lowest BCUT2D eigenvalue weighted by molar-refractivity contribution is 0.408. The Morgan fingerprint density at radius 2 is 1.79 bits per heavy atom. The molecule has 0 fully saturated rings. The second-order valence-corrected chi connectivity index (χ2v) is 4.86. The molecule has 0 radical (unpaired) electrons. The molecule has 0 aliphatic carbocycles. The molecule has 0 saturated carbocycles. The number of H-pyrrole nitrogens is 1. The van der Waals surface area contributed by atoms with E-state index in [1.54, 1.807) is 7.11 Å². The van der Waals surface area contributed by atoms with Gasteiger partial charge in [0, 0.05) is 17.0 Å². The third-order valence-corrected chi connectivity index (χ3v) is 3.66. The fourth-order valence-corrected chi connectivity index (χ4v) is 2.47. The fourth-order valence-electron chi connectivity index (χ4n) is 2.47. The number of aromatic amines is 1. The summed E-state index contributed by atoms with van der Waals surface area (Å²) in [6, 6.07) is 6.21. The Morgan fingerprint density at radius 1 is 1.11 bits per heavy atom. The van der Waals surface area contributed by atoms with E-state index < -0.39 is 0 Å². The maximum absolute atomic E-state index is 9.05. The Labute approximate surface area is 113 Å². The highest BCUT2D eigenvalue weighted by Gasteiger charge is 2.14. The molecule has 3 nitrogen and oxygen atoms in total. The van der Waals surface area contributed by atoms with E-state index in [1.165, 1.54) is 5.56 Å². The zero-order chi connectivity index (χ0) is 14.2. The number of rotatable bonds is 2. The molecule has 3 heteroatoms. The Hall–Kier alpha value is -2.21. The first kappa shape index (κ1) is 13.2. The third-order valence-electron chi connectivity index (χ3n) is 3.66. The molecule has 2 rings (SSSR count). The molecule has 0 aliphatic heterocycles. The number of hydrogen-bond donors (Lipinski definition) is 1. The summed E-state index contributed by atoms with van der Waals surface area (Å²) in [5.74, 6) is 0.935. The van der Waals surface area contributed by atoms with E-state index >= 15 is 0 Å². The molecule has 1 N–H and O–H groups in total. The van der Waals surface area contributed by atoms with E-state index in [9.17, 15) is 0 Å². The molecule has 0 bridgehead atoms. The summed E-state index contributed by atoms with van der Waals surface area (Å²) in [5, 5.41) is 9.05. The van der Waals surface area contributed by atoms with E-state index in [0.717, 1.165) is 33.8 Å². The van der Waals surface area contributed by atoms with Crippen molar-refractivity contribution in [3.8, 4) is 23.1 Å². The number of aryl methyl sites for hydroxylation is 2. The van der Waals surface area contributed by atoms with Gasteiger partial charge in [0.25, 0.3) is 0 Å². The van der Waals surface area contributed by atoms with Gasteiger partial charge in [0.15, 0.2) is 0 Å². The highest BCUT2D eigenvalue weighted by molar-refractivity contribution is 5.71. The van der Waals surface area contributed by atoms with Gasteiger partial charge < -0.3 is 9.72 Å². The molecule has 0 aliphatic rings. The van der Waals surface area contributed by atoms with Gasteiger partial charge >= 0.3 is 0 Å². The van der Waals surface area contributed by atoms with Crippen LogP contribution < -0.4 is 4.74 Å². The van der Waals surface area contributed by atoms with Crippen LogP contribution in [0.25, 0.3) is 11.3 Å². The zero-order valence-electron chi connectivity index (χ0n) is 12.0. The van der Waals surface area contributed by atoms with Crippen molar-refractivity contribution < 1.29 is 4.74 Å². The number of nitrogens with one attached hydrogen (secondary N) is 1. The largest absolute Gasteiger partial charge is 0.496 e. The quantitative estimate of drug-likeness (QED) is 0.886. The van der Waals surface area contributed by atoms with Crippen molar-refractivity contribution in [3.05, 3.63) is 40.1 Å². The predicted octanol–water partition coefficient (Wildman–Crippen LogP) is 3.80. The normalized spacial score (nSPS) is 10.3. The molecule has 0 saturated heterocycles. The van der Waals surface area contributed by atoms with E-state index in [4.69, 9.17) is 10.00 Å². The van der Waals surface area contributed by atoms with Crippen LogP contribution in [0.4, 0.5) is 0 Å². The summed E-state index contributed by atoms with van der Waals surface area (Å²) in [7, 11) is 1.70. The first-order valence-electron chi connectivity index (χ1n) is 6.24. The molecule has 1 heterocycles. The van der Waals surface area contributed by atoms with Crippen LogP contribution in [0.5, 0.6) is 5.75 Å². The summed E-state index contributed by atoms with van der Waals surface area (Å²) in [6.45, 7) is 8.09. The van der Waals surface area contributed by atoms with Crippen LogP contribution in [-0.2, 0) is 0 Å². The molecule has 2 aromatic rings. The fraction of sp³-hybridized carbons (Fsp3) is 0.312. The molecule has 0 amide bonds. The summed E-state index contributed by atoms with van der Waals surface area (Å²) < 4.78 is 5.44. The first-order chi connectivity index (χ1) is 8.99. The topological polar surface area (TPSA) is 48.8 Å². The minimum Gasteiger partial charge on any atom is -0.496 e. The Bertz CT molecular complexity index is 675. The second-order valence-electron chi connectivity index (χ2n) is 4.86. The number of ether oxygens (including phenoxy) is 1. The van der Waals surface area contributed by atoms with E-state index in [-0.39, 0.29) is 0 Å². The Morgan fingerprint density at radius 3 is 2.32 bits per heavy atom. The molecule has 0 unspecified atom stereocenters. The van der Waals surface area contributed by atoms with Gasteiger partial charge in [0.1, 0.15) is 11.8 Å². The maximum atomic E-state index is 9.05. The first-order valence-corrected chi connectivity index (χ1v) is 6.24. The lowest BCUT2D eigenvalue weighted by atomic mass is 9.96. The van der Waals surface area contributed by atoms with Crippen LogP contribution in [-0.4, -0.2) is 12.1 Å². The van der Waals surface area contributed by atoms with Gasteiger partial charge in [-0.15, -0.1) is 0 Å². The van der Waals surface area contributed by atoms with Crippen LogP contribution in [0, 0.1) is 39.0 Å². The summed E-state index contributed by atoms with van der Waals surface area (Å²) in [4.78, 5) is 3.28. The van der Waals surface area contributed by atoms with Gasteiger partial charge in [-0.2, -0.15) is 5.26 Å². The smallest absolute Gasteiger partial charge is 0.124 e. The van der Waals surface area contributed by atoms with Crippen molar-refractivity contribution >= 4 is 0 Å². The Kier molecular flexibility index (Phi) is 3.35. The minimum absolute atomic E-state index is 0.695. The van der Waals surface area contributed by atoms with Crippen LogP contribution >= 0.6 is 0 Å². The number of methoxy groups -OCH3 is 1. The van der Waals surface area contributed by atoms with Gasteiger partial charge in [-0.05, 0) is 56.5 Å². The SMILES string of the molecule is COc1c(C)cc(-c2cc(C#N)c(C)[nH]2)c(C)c1C. The average molecular weight is 254 g/mol. The number of hydrogen-bond acceptors (Lipinski definition) is 2. The molecule has 0 atom stereocenters. The molecule has 0 spiro atoms. The number of nitriles is 1. The van der Waals surface area contributed by atoms with Crippen LogP contribution in [0.2, 0.25) is 0 Å². The van der Waals surface area contributed by atoms with Gasteiger partial charge in [-0.1, -0.05) is 0 Å². The number of nitrogens with zero attached hydrogens (tertiary/aromatic N) is 1. The molecular formula is C16H18N2O. The molecular weight excluding hydrogens is 236 g/mol. The number of benzene rings is 1. The van der Waals surface area contributed by atoms with Gasteiger partial charge in [0.05, 0.1) is 12.7 Å². The minimum atomic E-state index is 0.695. The predicted molar refractivity (Wildman–Crippen MR) is 76.4 cm³/mol. The average Bonchev–Trinajstić information content (AvgIpc) is 2.75.